The van der Waals surface area contributed by atoms with Crippen LogP contribution in [0.5, 0.6) is 0 Å². The second-order valence-electron chi connectivity index (χ2n) is 5.10. The molecule has 1 aromatic carbocycles. The van der Waals surface area contributed by atoms with Crippen LogP contribution in [0.4, 0.5) is 5.88 Å². The van der Waals surface area contributed by atoms with E-state index in [1.807, 2.05) is 32.0 Å². The first kappa shape index (κ1) is 12.2. The molecular weight excluding hydrogens is 240 g/mol. The average Bonchev–Trinajstić information content (AvgIpc) is 2.44. The lowest BCUT2D eigenvalue weighted by molar-refractivity contribution is 0.518. The highest BCUT2D eigenvalue weighted by molar-refractivity contribution is 5.79. The quantitative estimate of drug-likeness (QED) is 0.847. The number of benzene rings is 1. The molecule has 0 aliphatic carbocycles. The number of piperazine rings is 1. The fourth-order valence-electron chi connectivity index (χ4n) is 2.56. The number of hydrogen-bond donors (Lipinski definition) is 1. The van der Waals surface area contributed by atoms with Crippen molar-refractivity contribution in [3.05, 3.63) is 39.5 Å². The second-order valence-corrected chi connectivity index (χ2v) is 5.10. The van der Waals surface area contributed by atoms with E-state index < -0.39 is 0 Å². The molecular formula is C15H18N2O2. The molecule has 0 radical (unpaired) electrons. The van der Waals surface area contributed by atoms with Crippen LogP contribution in [0.1, 0.15) is 11.1 Å². The largest absolute Gasteiger partial charge is 0.440 e. The Bertz CT molecular complexity index is 670. The van der Waals surface area contributed by atoms with Crippen LogP contribution in [0.3, 0.4) is 0 Å². The van der Waals surface area contributed by atoms with Crippen molar-refractivity contribution in [1.82, 2.24) is 5.32 Å². The first-order valence-corrected chi connectivity index (χ1v) is 6.66. The van der Waals surface area contributed by atoms with Gasteiger partial charge in [0.2, 0.25) is 5.88 Å². The number of anilines is 1. The van der Waals surface area contributed by atoms with Crippen LogP contribution in [-0.2, 0) is 0 Å². The number of aryl methyl sites for hydroxylation is 1. The SMILES string of the molecule is Cc1ccc2oc(N3CCNCC3)c(C)c(=O)c2c1. The lowest BCUT2D eigenvalue weighted by Gasteiger charge is -2.28. The number of hydrogen-bond acceptors (Lipinski definition) is 4. The minimum absolute atomic E-state index is 0.0819. The third kappa shape index (κ3) is 2.12. The number of nitrogens with zero attached hydrogens (tertiary/aromatic N) is 1. The van der Waals surface area contributed by atoms with Gasteiger partial charge < -0.3 is 14.6 Å². The van der Waals surface area contributed by atoms with Crippen molar-refractivity contribution >= 4 is 16.9 Å². The molecule has 0 saturated carbocycles. The molecule has 4 nitrogen and oxygen atoms in total. The van der Waals surface area contributed by atoms with Gasteiger partial charge in [0.15, 0.2) is 5.43 Å². The summed E-state index contributed by atoms with van der Waals surface area (Å²) in [6.45, 7) is 7.44. The summed E-state index contributed by atoms with van der Waals surface area (Å²) < 4.78 is 5.97. The van der Waals surface area contributed by atoms with Crippen molar-refractivity contribution in [2.24, 2.45) is 0 Å². The van der Waals surface area contributed by atoms with Gasteiger partial charge in [-0.2, -0.15) is 0 Å². The van der Waals surface area contributed by atoms with Crippen LogP contribution in [0, 0.1) is 13.8 Å². The molecule has 100 valence electrons. The average molecular weight is 258 g/mol. The second kappa shape index (κ2) is 4.70. The summed E-state index contributed by atoms with van der Waals surface area (Å²) in [5.41, 5.74) is 2.54. The number of fused-ring (bicyclic) bond motifs is 1. The van der Waals surface area contributed by atoms with Crippen LogP contribution in [0.2, 0.25) is 0 Å². The van der Waals surface area contributed by atoms with E-state index in [1.54, 1.807) is 0 Å². The summed E-state index contributed by atoms with van der Waals surface area (Å²) in [7, 11) is 0. The van der Waals surface area contributed by atoms with E-state index in [-0.39, 0.29) is 5.43 Å². The normalized spacial score (nSPS) is 16.0. The number of rotatable bonds is 1. The Morgan fingerprint density at radius 2 is 1.95 bits per heavy atom. The van der Waals surface area contributed by atoms with E-state index in [2.05, 4.69) is 10.2 Å². The van der Waals surface area contributed by atoms with E-state index in [0.29, 0.717) is 16.5 Å². The van der Waals surface area contributed by atoms with Crippen LogP contribution < -0.4 is 15.6 Å². The highest BCUT2D eigenvalue weighted by Gasteiger charge is 2.18. The van der Waals surface area contributed by atoms with Crippen LogP contribution in [-0.4, -0.2) is 26.2 Å². The fraction of sp³-hybridized carbons (Fsp3) is 0.400. The van der Waals surface area contributed by atoms with Gasteiger partial charge in [0.1, 0.15) is 5.58 Å². The molecule has 2 aromatic rings. The molecule has 0 bridgehead atoms. The third-order valence-corrected chi connectivity index (χ3v) is 3.65. The Hall–Kier alpha value is -1.81. The maximum absolute atomic E-state index is 12.4. The Morgan fingerprint density at radius 1 is 1.21 bits per heavy atom. The van der Waals surface area contributed by atoms with Crippen molar-refractivity contribution in [2.75, 3.05) is 31.1 Å². The maximum atomic E-state index is 12.4. The summed E-state index contributed by atoms with van der Waals surface area (Å²) >= 11 is 0. The molecule has 0 spiro atoms. The first-order chi connectivity index (χ1) is 9.16. The van der Waals surface area contributed by atoms with E-state index in [1.165, 1.54) is 0 Å². The highest BCUT2D eigenvalue weighted by Crippen LogP contribution is 2.23. The summed E-state index contributed by atoms with van der Waals surface area (Å²) in [5, 5.41) is 3.98. The molecule has 0 atom stereocenters. The molecule has 0 amide bonds. The van der Waals surface area contributed by atoms with E-state index >= 15 is 0 Å². The van der Waals surface area contributed by atoms with Gasteiger partial charge in [0.25, 0.3) is 0 Å². The predicted molar refractivity (Wildman–Crippen MR) is 77.0 cm³/mol. The first-order valence-electron chi connectivity index (χ1n) is 6.66. The summed E-state index contributed by atoms with van der Waals surface area (Å²) in [4.78, 5) is 14.6. The van der Waals surface area contributed by atoms with Crippen molar-refractivity contribution in [2.45, 2.75) is 13.8 Å². The van der Waals surface area contributed by atoms with Crippen LogP contribution >= 0.6 is 0 Å². The molecule has 1 aromatic heterocycles. The summed E-state index contributed by atoms with van der Waals surface area (Å²) in [6, 6.07) is 5.76. The van der Waals surface area contributed by atoms with Crippen molar-refractivity contribution < 1.29 is 4.42 Å². The van der Waals surface area contributed by atoms with E-state index in [9.17, 15) is 4.79 Å². The van der Waals surface area contributed by atoms with Gasteiger partial charge in [-0.05, 0) is 26.0 Å². The van der Waals surface area contributed by atoms with Crippen molar-refractivity contribution in [1.29, 1.82) is 0 Å². The fourth-order valence-corrected chi connectivity index (χ4v) is 2.56. The molecule has 3 rings (SSSR count). The Kier molecular flexibility index (Phi) is 3.03. The number of nitrogens with one attached hydrogen (secondary N) is 1. The molecule has 19 heavy (non-hydrogen) atoms. The Labute approximate surface area is 112 Å². The minimum atomic E-state index is 0.0819. The van der Waals surface area contributed by atoms with Gasteiger partial charge in [-0.3, -0.25) is 4.79 Å². The molecule has 1 N–H and O–H groups in total. The summed E-state index contributed by atoms with van der Waals surface area (Å²) in [5.74, 6) is 0.725. The van der Waals surface area contributed by atoms with Gasteiger partial charge >= 0.3 is 0 Å². The zero-order chi connectivity index (χ0) is 13.4. The highest BCUT2D eigenvalue weighted by atomic mass is 16.4. The molecule has 1 fully saturated rings. The van der Waals surface area contributed by atoms with Crippen LogP contribution in [0.25, 0.3) is 11.0 Å². The molecule has 1 aliphatic rings. The standard InChI is InChI=1S/C15H18N2O2/c1-10-3-4-13-12(9-10)14(18)11(2)15(19-13)17-7-5-16-6-8-17/h3-4,9,16H,5-8H2,1-2H3. The van der Waals surface area contributed by atoms with Crippen LogP contribution in [0.15, 0.2) is 27.4 Å². The maximum Gasteiger partial charge on any atom is 0.203 e. The lowest BCUT2D eigenvalue weighted by atomic mass is 10.1. The van der Waals surface area contributed by atoms with Gasteiger partial charge in [0.05, 0.1) is 10.9 Å². The Morgan fingerprint density at radius 3 is 2.68 bits per heavy atom. The smallest absolute Gasteiger partial charge is 0.203 e. The molecule has 1 saturated heterocycles. The molecule has 4 heteroatoms. The zero-order valence-corrected chi connectivity index (χ0v) is 11.3. The lowest BCUT2D eigenvalue weighted by Crippen LogP contribution is -2.44. The Balaban J connectivity index is 2.18. The van der Waals surface area contributed by atoms with Crippen molar-refractivity contribution in [3.63, 3.8) is 0 Å². The minimum Gasteiger partial charge on any atom is -0.440 e. The summed E-state index contributed by atoms with van der Waals surface area (Å²) in [6.07, 6.45) is 0. The monoisotopic (exact) mass is 258 g/mol. The predicted octanol–water partition coefficient (Wildman–Crippen LogP) is 1.82. The van der Waals surface area contributed by atoms with Crippen molar-refractivity contribution in [3.8, 4) is 0 Å². The van der Waals surface area contributed by atoms with Gasteiger partial charge in [-0.1, -0.05) is 11.6 Å². The molecule has 1 aliphatic heterocycles. The third-order valence-electron chi connectivity index (χ3n) is 3.65. The van der Waals surface area contributed by atoms with E-state index in [4.69, 9.17) is 4.42 Å². The topological polar surface area (TPSA) is 45.5 Å². The van der Waals surface area contributed by atoms with E-state index in [0.717, 1.165) is 37.6 Å². The van der Waals surface area contributed by atoms with Gasteiger partial charge in [-0.25, -0.2) is 0 Å². The zero-order valence-electron chi connectivity index (χ0n) is 11.3. The van der Waals surface area contributed by atoms with Gasteiger partial charge in [0, 0.05) is 26.2 Å². The molecule has 0 unspecified atom stereocenters. The van der Waals surface area contributed by atoms with Gasteiger partial charge in [-0.15, -0.1) is 0 Å². The molecule has 2 heterocycles.